The number of halogens is 2. The molecule has 0 bridgehead atoms. The van der Waals surface area contributed by atoms with Crippen molar-refractivity contribution >= 4 is 11.6 Å². The second-order valence-electron chi connectivity index (χ2n) is 3.92. The lowest BCUT2D eigenvalue weighted by Gasteiger charge is -2.20. The molecule has 1 aromatic rings. The van der Waals surface area contributed by atoms with Crippen LogP contribution in [0, 0.1) is 11.7 Å². The van der Waals surface area contributed by atoms with Gasteiger partial charge < -0.3 is 0 Å². The Kier molecular flexibility index (Phi) is 3.94. The van der Waals surface area contributed by atoms with E-state index in [1.165, 1.54) is 12.1 Å². The van der Waals surface area contributed by atoms with Gasteiger partial charge in [-0.3, -0.25) is 0 Å². The first-order chi connectivity index (χ1) is 6.56. The van der Waals surface area contributed by atoms with Gasteiger partial charge in [-0.05, 0) is 36.0 Å². The van der Waals surface area contributed by atoms with Crippen LogP contribution in [0.4, 0.5) is 4.39 Å². The van der Waals surface area contributed by atoms with Crippen molar-refractivity contribution in [3.63, 3.8) is 0 Å². The van der Waals surface area contributed by atoms with Gasteiger partial charge in [-0.1, -0.05) is 38.4 Å². The maximum absolute atomic E-state index is 12.8. The van der Waals surface area contributed by atoms with Crippen LogP contribution >= 0.6 is 11.6 Å². The molecule has 14 heavy (non-hydrogen) atoms. The summed E-state index contributed by atoms with van der Waals surface area (Å²) in [6.07, 6.45) is 1.03. The highest BCUT2D eigenvalue weighted by atomic mass is 35.5. The fraction of sp³-hybridized carbons (Fsp3) is 0.500. The van der Waals surface area contributed by atoms with Crippen LogP contribution in [0.1, 0.15) is 38.7 Å². The average molecular weight is 215 g/mol. The molecular weight excluding hydrogens is 199 g/mol. The van der Waals surface area contributed by atoms with Crippen LogP contribution in [-0.2, 0) is 0 Å². The van der Waals surface area contributed by atoms with Crippen LogP contribution in [0.15, 0.2) is 18.2 Å². The van der Waals surface area contributed by atoms with E-state index in [1.807, 2.05) is 0 Å². The highest BCUT2D eigenvalue weighted by Gasteiger charge is 2.16. The van der Waals surface area contributed by atoms with Gasteiger partial charge in [0, 0.05) is 5.02 Å². The molecule has 0 aliphatic carbocycles. The molecule has 0 unspecified atom stereocenters. The minimum Gasteiger partial charge on any atom is -0.207 e. The highest BCUT2D eigenvalue weighted by molar-refractivity contribution is 6.31. The Morgan fingerprint density at radius 1 is 1.36 bits per heavy atom. The normalized spacial score (nSPS) is 13.3. The van der Waals surface area contributed by atoms with Crippen LogP contribution in [0.2, 0.25) is 5.02 Å². The fourth-order valence-electron chi connectivity index (χ4n) is 1.85. The summed E-state index contributed by atoms with van der Waals surface area (Å²) >= 11 is 6.01. The molecule has 0 aliphatic heterocycles. The minimum atomic E-state index is -0.266. The molecule has 0 N–H and O–H groups in total. The van der Waals surface area contributed by atoms with Crippen molar-refractivity contribution in [3.8, 4) is 0 Å². The molecule has 0 radical (unpaired) electrons. The van der Waals surface area contributed by atoms with E-state index in [1.54, 1.807) is 6.07 Å². The van der Waals surface area contributed by atoms with E-state index in [9.17, 15) is 4.39 Å². The first-order valence-corrected chi connectivity index (χ1v) is 5.39. The van der Waals surface area contributed by atoms with E-state index >= 15 is 0 Å². The molecule has 0 amide bonds. The molecule has 1 aromatic carbocycles. The van der Waals surface area contributed by atoms with E-state index < -0.39 is 0 Å². The lowest BCUT2D eigenvalue weighted by atomic mass is 9.86. The SMILES string of the molecule is CC[C@H](c1ccc(F)cc1Cl)C(C)C. The molecule has 0 spiro atoms. The standard InChI is InChI=1S/C12H16ClF/c1-4-10(8(2)3)11-6-5-9(14)7-12(11)13/h5-8,10H,4H2,1-3H3/t10-/m0/s1. The molecule has 0 saturated heterocycles. The van der Waals surface area contributed by atoms with Gasteiger partial charge in [0.2, 0.25) is 0 Å². The first-order valence-electron chi connectivity index (χ1n) is 5.01. The average Bonchev–Trinajstić information content (AvgIpc) is 2.09. The number of benzene rings is 1. The molecule has 0 aliphatic rings. The Labute approximate surface area is 90.1 Å². The van der Waals surface area contributed by atoms with E-state index in [-0.39, 0.29) is 5.82 Å². The Balaban J connectivity index is 3.04. The summed E-state index contributed by atoms with van der Waals surface area (Å²) in [5.41, 5.74) is 1.06. The predicted molar refractivity (Wildman–Crippen MR) is 59.3 cm³/mol. The van der Waals surface area contributed by atoms with Gasteiger partial charge in [0.1, 0.15) is 5.82 Å². The first kappa shape index (κ1) is 11.5. The molecule has 78 valence electrons. The van der Waals surface area contributed by atoms with Gasteiger partial charge in [-0.25, -0.2) is 4.39 Å². The van der Waals surface area contributed by atoms with Gasteiger partial charge >= 0.3 is 0 Å². The molecule has 0 heterocycles. The van der Waals surface area contributed by atoms with E-state index in [0.717, 1.165) is 12.0 Å². The van der Waals surface area contributed by atoms with Crippen LogP contribution in [0.3, 0.4) is 0 Å². The third kappa shape index (κ3) is 2.48. The summed E-state index contributed by atoms with van der Waals surface area (Å²) in [6.45, 7) is 6.45. The summed E-state index contributed by atoms with van der Waals surface area (Å²) < 4.78 is 12.8. The topological polar surface area (TPSA) is 0 Å². The van der Waals surface area contributed by atoms with E-state index in [4.69, 9.17) is 11.6 Å². The van der Waals surface area contributed by atoms with Crippen molar-refractivity contribution < 1.29 is 4.39 Å². The molecule has 0 fully saturated rings. The van der Waals surface area contributed by atoms with Crippen molar-refractivity contribution in [1.29, 1.82) is 0 Å². The molecule has 2 heteroatoms. The van der Waals surface area contributed by atoms with E-state index in [0.29, 0.717) is 16.9 Å². The second-order valence-corrected chi connectivity index (χ2v) is 4.33. The van der Waals surface area contributed by atoms with Crippen LogP contribution in [-0.4, -0.2) is 0 Å². The third-order valence-corrected chi connectivity index (χ3v) is 2.93. The predicted octanol–water partition coefficient (Wildman–Crippen LogP) is 4.63. The van der Waals surface area contributed by atoms with Gasteiger partial charge in [-0.2, -0.15) is 0 Å². The smallest absolute Gasteiger partial charge is 0.124 e. The van der Waals surface area contributed by atoms with Gasteiger partial charge in [0.25, 0.3) is 0 Å². The Bertz CT molecular complexity index is 307. The third-order valence-electron chi connectivity index (χ3n) is 2.61. The summed E-state index contributed by atoms with van der Waals surface area (Å²) in [5, 5.41) is 0.547. The number of hydrogen-bond acceptors (Lipinski definition) is 0. The number of rotatable bonds is 3. The molecular formula is C12H16ClF. The van der Waals surface area contributed by atoms with Gasteiger partial charge in [-0.15, -0.1) is 0 Å². The van der Waals surface area contributed by atoms with Crippen molar-refractivity contribution in [2.45, 2.75) is 33.1 Å². The second kappa shape index (κ2) is 4.79. The van der Waals surface area contributed by atoms with Crippen molar-refractivity contribution in [3.05, 3.63) is 34.6 Å². The Morgan fingerprint density at radius 2 is 2.00 bits per heavy atom. The summed E-state index contributed by atoms with van der Waals surface area (Å²) in [5.74, 6) is 0.684. The quantitative estimate of drug-likeness (QED) is 0.688. The van der Waals surface area contributed by atoms with E-state index in [2.05, 4.69) is 20.8 Å². The highest BCUT2D eigenvalue weighted by Crippen LogP contribution is 2.32. The largest absolute Gasteiger partial charge is 0.207 e. The zero-order chi connectivity index (χ0) is 10.7. The zero-order valence-electron chi connectivity index (χ0n) is 8.85. The van der Waals surface area contributed by atoms with Crippen LogP contribution < -0.4 is 0 Å². The molecule has 0 nitrogen and oxygen atoms in total. The monoisotopic (exact) mass is 214 g/mol. The lowest BCUT2D eigenvalue weighted by Crippen LogP contribution is -2.06. The van der Waals surface area contributed by atoms with Crippen LogP contribution in [0.25, 0.3) is 0 Å². The van der Waals surface area contributed by atoms with Crippen molar-refractivity contribution in [2.75, 3.05) is 0 Å². The molecule has 0 aromatic heterocycles. The van der Waals surface area contributed by atoms with Crippen molar-refractivity contribution in [2.24, 2.45) is 5.92 Å². The zero-order valence-corrected chi connectivity index (χ0v) is 9.61. The summed E-state index contributed by atoms with van der Waals surface area (Å²) in [6, 6.07) is 4.67. The van der Waals surface area contributed by atoms with Crippen molar-refractivity contribution in [1.82, 2.24) is 0 Å². The lowest BCUT2D eigenvalue weighted by molar-refractivity contribution is 0.484. The Hall–Kier alpha value is -0.560. The minimum absolute atomic E-state index is 0.266. The van der Waals surface area contributed by atoms with Gasteiger partial charge in [0.05, 0.1) is 0 Å². The molecule has 1 atom stereocenters. The van der Waals surface area contributed by atoms with Gasteiger partial charge in [0.15, 0.2) is 0 Å². The maximum atomic E-state index is 12.8. The number of hydrogen-bond donors (Lipinski definition) is 0. The summed E-state index contributed by atoms with van der Waals surface area (Å²) in [4.78, 5) is 0. The fourth-order valence-corrected chi connectivity index (χ4v) is 2.16. The van der Waals surface area contributed by atoms with Crippen LogP contribution in [0.5, 0.6) is 0 Å². The maximum Gasteiger partial charge on any atom is 0.124 e. The Morgan fingerprint density at radius 3 is 2.43 bits per heavy atom. The summed E-state index contributed by atoms with van der Waals surface area (Å²) in [7, 11) is 0. The molecule has 0 saturated carbocycles. The molecule has 1 rings (SSSR count).